The van der Waals surface area contributed by atoms with Crippen molar-refractivity contribution < 1.29 is 14.4 Å². The molecule has 2 atom stereocenters. The zero-order valence-corrected chi connectivity index (χ0v) is 18.3. The van der Waals surface area contributed by atoms with Gasteiger partial charge in [-0.05, 0) is 28.0 Å². The van der Waals surface area contributed by atoms with Gasteiger partial charge in [0.05, 0.1) is 0 Å². The Bertz CT molecular complexity index is 1320. The number of para-hydroxylation sites is 1. The number of hydrogen-bond donors (Lipinski definition) is 4. The summed E-state index contributed by atoms with van der Waals surface area (Å²) in [6, 6.07) is 19.7. The molecule has 3 amide bonds. The van der Waals surface area contributed by atoms with Gasteiger partial charge in [-0.2, -0.15) is 0 Å². The topological polar surface area (TPSA) is 117 Å². The third kappa shape index (κ3) is 5.03. The highest BCUT2D eigenvalue weighted by molar-refractivity contribution is 5.93. The van der Waals surface area contributed by atoms with Gasteiger partial charge in [0.15, 0.2) is 0 Å². The number of hydrogen-bond acceptors (Lipinski definition) is 3. The van der Waals surface area contributed by atoms with Crippen molar-refractivity contribution >= 4 is 39.4 Å². The van der Waals surface area contributed by atoms with E-state index in [-0.39, 0.29) is 18.7 Å². The fraction of sp³-hybridized carbons (Fsp3) is 0.192. The first kappa shape index (κ1) is 22.1. The van der Waals surface area contributed by atoms with Crippen LogP contribution in [0.15, 0.2) is 72.9 Å². The van der Waals surface area contributed by atoms with Crippen LogP contribution in [0.5, 0.6) is 0 Å². The van der Waals surface area contributed by atoms with Crippen LogP contribution < -0.4 is 16.4 Å². The molecule has 4 aromatic rings. The molecule has 0 aliphatic heterocycles. The first-order valence-corrected chi connectivity index (χ1v) is 10.8. The average Bonchev–Trinajstić information content (AvgIpc) is 3.21. The summed E-state index contributed by atoms with van der Waals surface area (Å²) in [5, 5.41) is 8.49. The summed E-state index contributed by atoms with van der Waals surface area (Å²) in [5.41, 5.74) is 8.36. The highest BCUT2D eigenvalue weighted by atomic mass is 16.2. The van der Waals surface area contributed by atoms with Gasteiger partial charge in [0.2, 0.25) is 17.7 Å². The predicted molar refractivity (Wildman–Crippen MR) is 128 cm³/mol. The van der Waals surface area contributed by atoms with Gasteiger partial charge < -0.3 is 21.4 Å². The van der Waals surface area contributed by atoms with E-state index in [9.17, 15) is 14.4 Å². The molecule has 4 rings (SSSR count). The summed E-state index contributed by atoms with van der Waals surface area (Å²) in [4.78, 5) is 40.4. The van der Waals surface area contributed by atoms with Crippen LogP contribution in [0.25, 0.3) is 21.7 Å². The van der Waals surface area contributed by atoms with Gasteiger partial charge in [-0.25, -0.2) is 0 Å². The minimum atomic E-state index is -0.916. The lowest BCUT2D eigenvalue weighted by Crippen LogP contribution is -2.54. The van der Waals surface area contributed by atoms with Gasteiger partial charge >= 0.3 is 0 Å². The number of nitrogens with two attached hydrogens (primary N) is 1. The SMILES string of the molecule is CC(=O)N[C@H](Cc1cccc2ccccc12)C(=O)N[C@H](Cc1c[nH]c2ccccc12)C(N)=O. The number of aromatic amines is 1. The van der Waals surface area contributed by atoms with Gasteiger partial charge in [-0.3, -0.25) is 14.4 Å². The molecule has 0 saturated heterocycles. The van der Waals surface area contributed by atoms with Gasteiger partial charge in [0.1, 0.15) is 12.1 Å². The standard InChI is InChI=1S/C26H26N4O3/c1-16(31)29-24(13-18-9-6-8-17-7-2-3-10-20(17)18)26(33)30-23(25(27)32)14-19-15-28-22-12-5-4-11-21(19)22/h2-12,15,23-24,28H,13-14H2,1H3,(H2,27,32)(H,29,31)(H,30,33)/t23-,24-/m1/s1. The van der Waals surface area contributed by atoms with E-state index in [1.165, 1.54) is 6.92 Å². The summed E-state index contributed by atoms with van der Waals surface area (Å²) >= 11 is 0. The zero-order valence-electron chi connectivity index (χ0n) is 18.3. The molecular weight excluding hydrogens is 416 g/mol. The second-order valence-electron chi connectivity index (χ2n) is 8.12. The van der Waals surface area contributed by atoms with Crippen LogP contribution in [-0.4, -0.2) is 34.8 Å². The van der Waals surface area contributed by atoms with E-state index in [2.05, 4.69) is 15.6 Å². The lowest BCUT2D eigenvalue weighted by molar-refractivity contribution is -0.130. The molecule has 1 heterocycles. The molecule has 0 aliphatic carbocycles. The third-order valence-electron chi connectivity index (χ3n) is 5.76. The molecule has 0 fully saturated rings. The number of amides is 3. The maximum atomic E-state index is 13.2. The Kier molecular flexibility index (Phi) is 6.40. The lowest BCUT2D eigenvalue weighted by Gasteiger charge is -2.22. The van der Waals surface area contributed by atoms with Crippen molar-refractivity contribution in [2.75, 3.05) is 0 Å². The molecule has 0 bridgehead atoms. The van der Waals surface area contributed by atoms with Gasteiger partial charge in [0.25, 0.3) is 0 Å². The quantitative estimate of drug-likeness (QED) is 0.336. The molecule has 33 heavy (non-hydrogen) atoms. The highest BCUT2D eigenvalue weighted by Gasteiger charge is 2.26. The van der Waals surface area contributed by atoms with Crippen molar-refractivity contribution in [2.45, 2.75) is 31.8 Å². The largest absolute Gasteiger partial charge is 0.368 e. The Morgan fingerprint density at radius 1 is 0.818 bits per heavy atom. The van der Waals surface area contributed by atoms with E-state index in [4.69, 9.17) is 5.73 Å². The predicted octanol–water partition coefficient (Wildman–Crippen LogP) is 2.58. The Morgan fingerprint density at radius 2 is 1.48 bits per heavy atom. The molecule has 7 heteroatoms. The van der Waals surface area contributed by atoms with Crippen LogP contribution >= 0.6 is 0 Å². The number of benzene rings is 3. The van der Waals surface area contributed by atoms with Crippen molar-refractivity contribution in [1.29, 1.82) is 0 Å². The Morgan fingerprint density at radius 3 is 2.24 bits per heavy atom. The smallest absolute Gasteiger partial charge is 0.243 e. The average molecular weight is 443 g/mol. The number of nitrogens with one attached hydrogen (secondary N) is 3. The summed E-state index contributed by atoms with van der Waals surface area (Å²) in [6.07, 6.45) is 2.34. The number of carbonyl (C=O) groups is 3. The number of H-pyrrole nitrogens is 1. The van der Waals surface area contributed by atoms with Crippen LogP contribution in [-0.2, 0) is 27.2 Å². The summed E-state index contributed by atoms with van der Waals surface area (Å²) in [6.45, 7) is 1.36. The number of carbonyl (C=O) groups excluding carboxylic acids is 3. The van der Waals surface area contributed by atoms with E-state index in [1.54, 1.807) is 0 Å². The van der Waals surface area contributed by atoms with Crippen molar-refractivity contribution in [3.05, 3.63) is 84.1 Å². The number of fused-ring (bicyclic) bond motifs is 2. The lowest BCUT2D eigenvalue weighted by atomic mass is 9.97. The Labute approximate surface area is 191 Å². The van der Waals surface area contributed by atoms with Crippen molar-refractivity contribution in [2.24, 2.45) is 5.73 Å². The van der Waals surface area contributed by atoms with Crippen molar-refractivity contribution in [1.82, 2.24) is 15.6 Å². The van der Waals surface area contributed by atoms with Crippen LogP contribution in [0.3, 0.4) is 0 Å². The minimum Gasteiger partial charge on any atom is -0.368 e. The van der Waals surface area contributed by atoms with Crippen LogP contribution in [0.1, 0.15) is 18.1 Å². The van der Waals surface area contributed by atoms with E-state index < -0.39 is 23.9 Å². The molecule has 5 N–H and O–H groups in total. The van der Waals surface area contributed by atoms with Crippen LogP contribution in [0.2, 0.25) is 0 Å². The van der Waals surface area contributed by atoms with Gasteiger partial charge in [-0.15, -0.1) is 0 Å². The second-order valence-corrected chi connectivity index (χ2v) is 8.12. The van der Waals surface area contributed by atoms with Gasteiger partial charge in [0, 0.05) is 36.9 Å². The normalized spacial score (nSPS) is 12.9. The highest BCUT2D eigenvalue weighted by Crippen LogP contribution is 2.21. The fourth-order valence-electron chi connectivity index (χ4n) is 4.16. The first-order chi connectivity index (χ1) is 15.9. The van der Waals surface area contributed by atoms with E-state index in [1.807, 2.05) is 72.9 Å². The fourth-order valence-corrected chi connectivity index (χ4v) is 4.16. The number of rotatable bonds is 8. The van der Waals surface area contributed by atoms with Gasteiger partial charge in [-0.1, -0.05) is 60.7 Å². The molecule has 0 spiro atoms. The van der Waals surface area contributed by atoms with Crippen molar-refractivity contribution in [3.8, 4) is 0 Å². The zero-order chi connectivity index (χ0) is 23.4. The Hall–Kier alpha value is -4.13. The summed E-state index contributed by atoms with van der Waals surface area (Å²) in [5.74, 6) is -1.43. The molecule has 168 valence electrons. The molecular formula is C26H26N4O3. The number of aromatic nitrogens is 1. The van der Waals surface area contributed by atoms with E-state index in [0.717, 1.165) is 32.8 Å². The van der Waals surface area contributed by atoms with E-state index >= 15 is 0 Å². The molecule has 1 aromatic heterocycles. The van der Waals surface area contributed by atoms with Crippen LogP contribution in [0, 0.1) is 0 Å². The molecule has 0 saturated carbocycles. The summed E-state index contributed by atoms with van der Waals surface area (Å²) in [7, 11) is 0. The first-order valence-electron chi connectivity index (χ1n) is 10.8. The maximum absolute atomic E-state index is 13.2. The van der Waals surface area contributed by atoms with E-state index in [0.29, 0.717) is 0 Å². The summed E-state index contributed by atoms with van der Waals surface area (Å²) < 4.78 is 0. The second kappa shape index (κ2) is 9.56. The third-order valence-corrected chi connectivity index (χ3v) is 5.76. The van der Waals surface area contributed by atoms with Crippen molar-refractivity contribution in [3.63, 3.8) is 0 Å². The van der Waals surface area contributed by atoms with Crippen LogP contribution in [0.4, 0.5) is 0 Å². The number of primary amides is 1. The monoisotopic (exact) mass is 442 g/mol. The molecule has 0 aliphatic rings. The molecule has 0 unspecified atom stereocenters. The molecule has 0 radical (unpaired) electrons. The molecule has 3 aromatic carbocycles. The maximum Gasteiger partial charge on any atom is 0.243 e. The molecule has 7 nitrogen and oxygen atoms in total. The Balaban J connectivity index is 1.56. The minimum absolute atomic E-state index is 0.242.